The highest BCUT2D eigenvalue weighted by atomic mass is 32.2. The molecule has 5 rings (SSSR count). The van der Waals surface area contributed by atoms with Gasteiger partial charge in [-0.25, -0.2) is 9.59 Å². The third-order valence-corrected chi connectivity index (χ3v) is 12.0. The minimum Gasteiger partial charge on any atom is -0.464 e. The lowest BCUT2D eigenvalue weighted by atomic mass is 9.78. The van der Waals surface area contributed by atoms with Crippen molar-refractivity contribution in [1.29, 1.82) is 0 Å². The van der Waals surface area contributed by atoms with Crippen LogP contribution in [0.4, 0.5) is 0 Å². The summed E-state index contributed by atoms with van der Waals surface area (Å²) in [6.45, 7) is 0.0119. The summed E-state index contributed by atoms with van der Waals surface area (Å²) in [5.41, 5.74) is 1.27. The molecule has 2 aliphatic carbocycles. The molecule has 2 saturated carbocycles. The van der Waals surface area contributed by atoms with E-state index in [2.05, 4.69) is 72.8 Å². The summed E-state index contributed by atoms with van der Waals surface area (Å²) in [5.74, 6) is -2.20. The Morgan fingerprint density at radius 2 is 1.23 bits per heavy atom. The topological polar surface area (TPSA) is 107 Å². The molecule has 3 unspecified atom stereocenters. The van der Waals surface area contributed by atoms with E-state index in [1.165, 1.54) is 20.2 Å². The van der Waals surface area contributed by atoms with Gasteiger partial charge in [0, 0.05) is 5.56 Å². The molecule has 0 spiro atoms. The smallest absolute Gasteiger partial charge is 0.338 e. The van der Waals surface area contributed by atoms with Crippen LogP contribution in [-0.4, -0.2) is 43.4 Å². The fourth-order valence-electron chi connectivity index (χ4n) is 6.48. The van der Waals surface area contributed by atoms with Gasteiger partial charge >= 0.3 is 11.9 Å². The second-order valence-corrected chi connectivity index (χ2v) is 15.4. The number of benzene rings is 3. The third-order valence-electron chi connectivity index (χ3n) is 8.69. The predicted octanol–water partition coefficient (Wildman–Crippen LogP) is 6.98. The number of hydrogen-bond donors (Lipinski definition) is 1. The van der Waals surface area contributed by atoms with E-state index in [0.717, 1.165) is 57.8 Å². The van der Waals surface area contributed by atoms with E-state index in [1.807, 2.05) is 12.1 Å². The van der Waals surface area contributed by atoms with Gasteiger partial charge in [0.15, 0.2) is 14.7 Å². The number of ether oxygens (including phenoxy) is 2. The Labute approximate surface area is 263 Å². The molecule has 7 nitrogen and oxygen atoms in total. The van der Waals surface area contributed by atoms with Crippen LogP contribution in [0.25, 0.3) is 0 Å². The normalized spacial score (nSPS) is 20.1. The second kappa shape index (κ2) is 15.2. The average molecular weight is 638 g/mol. The van der Waals surface area contributed by atoms with Gasteiger partial charge in [0.05, 0.1) is 24.1 Å². The van der Waals surface area contributed by atoms with E-state index < -0.39 is 27.3 Å². The van der Waals surface area contributed by atoms with Crippen LogP contribution in [0.2, 0.25) is 0 Å². The lowest BCUT2D eigenvalue weighted by Crippen LogP contribution is -2.41. The van der Waals surface area contributed by atoms with E-state index in [9.17, 15) is 22.6 Å². The Balaban J connectivity index is 1.27. The van der Waals surface area contributed by atoms with Crippen molar-refractivity contribution in [1.82, 2.24) is 0 Å². The largest absolute Gasteiger partial charge is 0.464 e. The van der Waals surface area contributed by atoms with E-state index in [0.29, 0.717) is 0 Å². The molecule has 3 atom stereocenters. The van der Waals surface area contributed by atoms with Crippen molar-refractivity contribution in [3.05, 3.63) is 90.5 Å². The zero-order chi connectivity index (χ0) is 30.9. The molecule has 0 heterocycles. The van der Waals surface area contributed by atoms with Gasteiger partial charge in [-0.1, -0.05) is 80.3 Å². The van der Waals surface area contributed by atoms with Crippen molar-refractivity contribution in [3.63, 3.8) is 0 Å². The molecule has 44 heavy (non-hydrogen) atoms. The van der Waals surface area contributed by atoms with Crippen molar-refractivity contribution >= 4 is 33.0 Å². The molecular formula is C35H41O7S2+. The number of rotatable bonds is 11. The maximum atomic E-state index is 12.9. The number of carbonyl (C=O) groups excluding carboxylic acids is 2. The molecule has 3 aromatic carbocycles. The van der Waals surface area contributed by atoms with Crippen LogP contribution >= 0.6 is 0 Å². The number of esters is 2. The van der Waals surface area contributed by atoms with Gasteiger partial charge in [0.25, 0.3) is 15.4 Å². The molecule has 1 N–H and O–H groups in total. The van der Waals surface area contributed by atoms with Crippen molar-refractivity contribution in [3.8, 4) is 0 Å². The Morgan fingerprint density at radius 3 is 1.82 bits per heavy atom. The lowest BCUT2D eigenvalue weighted by molar-refractivity contribution is -0.155. The second-order valence-electron chi connectivity index (χ2n) is 11.9. The quantitative estimate of drug-likeness (QED) is 0.105. The first-order chi connectivity index (χ1) is 21.3. The van der Waals surface area contributed by atoms with Crippen molar-refractivity contribution in [2.75, 3.05) is 13.2 Å². The molecule has 0 aliphatic heterocycles. The molecule has 0 aromatic heterocycles. The van der Waals surface area contributed by atoms with Crippen LogP contribution < -0.4 is 0 Å². The van der Waals surface area contributed by atoms with Crippen LogP contribution in [0.15, 0.2) is 99.6 Å². The van der Waals surface area contributed by atoms with E-state index in [4.69, 9.17) is 9.47 Å². The van der Waals surface area contributed by atoms with Crippen molar-refractivity contribution < 1.29 is 32.0 Å². The standard InChI is InChI=1S/C35H40O7S2/c36-34(41-24-26-13-4-1-5-14-26)33(44(38,39)40)35(37)42-25-27-15-12-16-28(23-27)31-21-10-11-22-32(31)43(29-17-6-2-7-18-29)30-19-8-3-9-20-30/h2-3,6-11,17-22,26-28,33H,1,4-5,12-16,23-25H2/p+1. The maximum Gasteiger partial charge on any atom is 0.338 e. The molecule has 9 heteroatoms. The number of carbonyl (C=O) groups is 2. The molecule has 0 saturated heterocycles. The van der Waals surface area contributed by atoms with Gasteiger partial charge in [-0.3, -0.25) is 4.55 Å². The van der Waals surface area contributed by atoms with Crippen LogP contribution in [0, 0.1) is 11.8 Å². The van der Waals surface area contributed by atoms with Crippen LogP contribution in [0.3, 0.4) is 0 Å². The molecular weight excluding hydrogens is 597 g/mol. The molecule has 234 valence electrons. The fourth-order valence-corrected chi connectivity index (χ4v) is 9.42. The van der Waals surface area contributed by atoms with Crippen molar-refractivity contribution in [2.24, 2.45) is 11.8 Å². The van der Waals surface area contributed by atoms with Gasteiger partial charge in [-0.2, -0.15) is 8.42 Å². The van der Waals surface area contributed by atoms with Gasteiger partial charge in [-0.15, -0.1) is 0 Å². The molecule has 0 bridgehead atoms. The SMILES string of the molecule is O=C(OCC1CCCCC1)C(C(=O)OCC1CCCC(c2ccccc2[S+](c2ccccc2)c2ccccc2)C1)S(=O)(=O)O. The average Bonchev–Trinajstić information content (AvgIpc) is 3.04. The summed E-state index contributed by atoms with van der Waals surface area (Å²) < 4.78 is 44.4. The monoisotopic (exact) mass is 637 g/mol. The van der Waals surface area contributed by atoms with Gasteiger partial charge in [-0.05, 0) is 80.2 Å². The van der Waals surface area contributed by atoms with Gasteiger partial charge in [0.1, 0.15) is 0 Å². The van der Waals surface area contributed by atoms with E-state index in [1.54, 1.807) is 0 Å². The van der Waals surface area contributed by atoms with E-state index in [-0.39, 0.29) is 41.9 Å². The Morgan fingerprint density at radius 1 is 0.705 bits per heavy atom. The Kier molecular flexibility index (Phi) is 11.2. The maximum absolute atomic E-state index is 12.9. The summed E-state index contributed by atoms with van der Waals surface area (Å²) in [5, 5.41) is -2.38. The van der Waals surface area contributed by atoms with E-state index >= 15 is 0 Å². The fraction of sp³-hybridized carbons (Fsp3) is 0.429. The molecule has 2 aliphatic rings. The summed E-state index contributed by atoms with van der Waals surface area (Å²) in [6, 6.07) is 29.5. The van der Waals surface area contributed by atoms with Crippen molar-refractivity contribution in [2.45, 2.75) is 83.6 Å². The molecule has 0 amide bonds. The summed E-state index contributed by atoms with van der Waals surface area (Å²) in [6.07, 6.45) is 8.44. The number of hydrogen-bond acceptors (Lipinski definition) is 6. The third kappa shape index (κ3) is 8.31. The Bertz CT molecular complexity index is 1450. The highest BCUT2D eigenvalue weighted by molar-refractivity contribution is 7.97. The Hall–Kier alpha value is -3.14. The first-order valence-corrected chi connectivity index (χ1v) is 18.3. The lowest BCUT2D eigenvalue weighted by Gasteiger charge is -2.30. The first-order valence-electron chi connectivity index (χ1n) is 15.5. The first kappa shape index (κ1) is 32.3. The predicted molar refractivity (Wildman–Crippen MR) is 170 cm³/mol. The minimum atomic E-state index is -5.04. The minimum absolute atomic E-state index is 0.0127. The zero-order valence-electron chi connectivity index (χ0n) is 24.9. The zero-order valence-corrected chi connectivity index (χ0v) is 26.5. The molecule has 3 aromatic rings. The summed E-state index contributed by atoms with van der Waals surface area (Å²) in [4.78, 5) is 29.2. The highest BCUT2D eigenvalue weighted by Crippen LogP contribution is 2.42. The summed E-state index contributed by atoms with van der Waals surface area (Å²) >= 11 is 0. The highest BCUT2D eigenvalue weighted by Gasteiger charge is 2.42. The van der Waals surface area contributed by atoms with Gasteiger partial charge < -0.3 is 9.47 Å². The van der Waals surface area contributed by atoms with Gasteiger partial charge in [0.2, 0.25) is 0 Å². The van der Waals surface area contributed by atoms with Crippen LogP contribution in [-0.2, 0) is 40.1 Å². The molecule has 2 fully saturated rings. The summed E-state index contributed by atoms with van der Waals surface area (Å²) in [7, 11) is -5.35. The van der Waals surface area contributed by atoms with Crippen LogP contribution in [0.5, 0.6) is 0 Å². The van der Waals surface area contributed by atoms with Crippen LogP contribution in [0.1, 0.15) is 69.3 Å². The molecule has 0 radical (unpaired) electrons.